The first-order chi connectivity index (χ1) is 11.2. The van der Waals surface area contributed by atoms with Crippen molar-refractivity contribution in [1.29, 1.82) is 0 Å². The Hall–Kier alpha value is -2.66. The van der Waals surface area contributed by atoms with Crippen LogP contribution in [0.4, 0.5) is 9.18 Å². The number of rotatable bonds is 6. The molecule has 23 heavy (non-hydrogen) atoms. The highest BCUT2D eigenvalue weighted by molar-refractivity contribution is 5.76. The predicted molar refractivity (Wildman–Crippen MR) is 87.9 cm³/mol. The Morgan fingerprint density at radius 2 is 1.83 bits per heavy atom. The number of hydrogen-bond acceptors (Lipinski definition) is 2. The topological polar surface area (TPSA) is 52.6 Å². The predicted octanol–water partition coefficient (Wildman–Crippen LogP) is 3.00. The maximum Gasteiger partial charge on any atom is 0.321 e. The molecule has 0 unspecified atom stereocenters. The highest BCUT2D eigenvalue weighted by Gasteiger charge is 2.11. The fourth-order valence-electron chi connectivity index (χ4n) is 2.05. The first-order valence-corrected chi connectivity index (χ1v) is 7.31. The summed E-state index contributed by atoms with van der Waals surface area (Å²) in [6.07, 6.45) is 3.18. The van der Waals surface area contributed by atoms with E-state index < -0.39 is 0 Å². The Morgan fingerprint density at radius 3 is 2.48 bits per heavy atom. The van der Waals surface area contributed by atoms with Crippen molar-refractivity contribution >= 4 is 12.1 Å². The lowest BCUT2D eigenvalue weighted by atomic mass is 10.2. The van der Waals surface area contributed by atoms with Gasteiger partial charge >= 0.3 is 6.03 Å². The van der Waals surface area contributed by atoms with Gasteiger partial charge in [-0.2, -0.15) is 0 Å². The fraction of sp³-hybridized carbons (Fsp3) is 0.167. The number of benzene rings is 2. The van der Waals surface area contributed by atoms with Crippen LogP contribution in [0.5, 0.6) is 0 Å². The maximum absolute atomic E-state index is 12.8. The fourth-order valence-corrected chi connectivity index (χ4v) is 2.05. The van der Waals surface area contributed by atoms with Crippen LogP contribution in [-0.4, -0.2) is 29.2 Å². The first-order valence-electron chi connectivity index (χ1n) is 7.31. The third kappa shape index (κ3) is 5.56. The number of nitrogens with one attached hydrogen (secondary N) is 1. The second-order valence-corrected chi connectivity index (χ2v) is 4.97. The molecular weight excluding hydrogens is 295 g/mol. The summed E-state index contributed by atoms with van der Waals surface area (Å²) in [5.74, 6) is -0.303. The minimum atomic E-state index is -0.304. The summed E-state index contributed by atoms with van der Waals surface area (Å²) in [7, 11) is 0. The summed E-state index contributed by atoms with van der Waals surface area (Å²) in [6, 6.07) is 15.2. The van der Waals surface area contributed by atoms with Gasteiger partial charge in [-0.25, -0.2) is 9.18 Å². The van der Waals surface area contributed by atoms with E-state index in [1.54, 1.807) is 18.2 Å². The first kappa shape index (κ1) is 16.7. The van der Waals surface area contributed by atoms with Crippen LogP contribution in [0, 0.1) is 5.82 Å². The number of nitrogens with zero attached hydrogens (tertiary/aromatic N) is 1. The lowest BCUT2D eigenvalue weighted by Crippen LogP contribution is -2.38. The highest BCUT2D eigenvalue weighted by Crippen LogP contribution is 2.06. The van der Waals surface area contributed by atoms with E-state index in [0.29, 0.717) is 6.54 Å². The van der Waals surface area contributed by atoms with Gasteiger partial charge in [0.05, 0.1) is 6.61 Å². The van der Waals surface area contributed by atoms with E-state index >= 15 is 0 Å². The molecular formula is C18H19FN2O2. The van der Waals surface area contributed by atoms with Crippen LogP contribution in [0.1, 0.15) is 11.1 Å². The monoisotopic (exact) mass is 314 g/mol. The van der Waals surface area contributed by atoms with Crippen molar-refractivity contribution in [1.82, 2.24) is 10.2 Å². The van der Waals surface area contributed by atoms with E-state index in [2.05, 4.69) is 5.32 Å². The molecule has 0 bridgehead atoms. The van der Waals surface area contributed by atoms with Crippen molar-refractivity contribution in [3.63, 3.8) is 0 Å². The zero-order chi connectivity index (χ0) is 16.5. The number of halogens is 1. The van der Waals surface area contributed by atoms with Crippen molar-refractivity contribution in [2.75, 3.05) is 13.2 Å². The summed E-state index contributed by atoms with van der Waals surface area (Å²) in [6.45, 7) is 0.546. The Morgan fingerprint density at radius 1 is 1.13 bits per heavy atom. The van der Waals surface area contributed by atoms with Crippen molar-refractivity contribution in [3.05, 3.63) is 77.7 Å². The smallest absolute Gasteiger partial charge is 0.321 e. The third-order valence-electron chi connectivity index (χ3n) is 3.23. The van der Waals surface area contributed by atoms with Crippen LogP contribution in [0.2, 0.25) is 0 Å². The van der Waals surface area contributed by atoms with E-state index in [-0.39, 0.29) is 25.0 Å². The van der Waals surface area contributed by atoms with Gasteiger partial charge in [0.2, 0.25) is 0 Å². The Bertz CT molecular complexity index is 642. The molecule has 0 radical (unpaired) electrons. The van der Waals surface area contributed by atoms with Crippen molar-refractivity contribution in [2.24, 2.45) is 0 Å². The van der Waals surface area contributed by atoms with E-state index in [4.69, 9.17) is 5.11 Å². The van der Waals surface area contributed by atoms with Gasteiger partial charge in [0, 0.05) is 19.3 Å². The molecule has 2 aromatic rings. The molecule has 4 nitrogen and oxygen atoms in total. The lowest BCUT2D eigenvalue weighted by Gasteiger charge is -2.21. The largest absolute Gasteiger partial charge is 0.395 e. The van der Waals surface area contributed by atoms with Crippen molar-refractivity contribution in [3.8, 4) is 0 Å². The van der Waals surface area contributed by atoms with Gasteiger partial charge in [-0.15, -0.1) is 0 Å². The van der Waals surface area contributed by atoms with Crippen LogP contribution in [-0.2, 0) is 6.54 Å². The van der Waals surface area contributed by atoms with E-state index in [1.165, 1.54) is 23.2 Å². The molecule has 2 rings (SSSR count). The molecule has 0 atom stereocenters. The Balaban J connectivity index is 1.93. The van der Waals surface area contributed by atoms with Gasteiger partial charge in [-0.05, 0) is 29.3 Å². The standard InChI is InChI=1S/C18H19FN2O2/c19-17-8-6-15(7-9-17)10-11-20-18(23)21(12-13-22)14-16-4-2-1-3-5-16/h1-11,22H,12-14H2,(H,20,23)/b11-10+. The van der Waals surface area contributed by atoms with E-state index in [1.807, 2.05) is 30.3 Å². The summed E-state index contributed by atoms with van der Waals surface area (Å²) in [5.41, 5.74) is 1.77. The molecule has 0 saturated heterocycles. The Labute approximate surface area is 134 Å². The van der Waals surface area contributed by atoms with E-state index in [0.717, 1.165) is 11.1 Å². The number of hydrogen-bond donors (Lipinski definition) is 2. The average Bonchev–Trinajstić information content (AvgIpc) is 2.57. The number of carbonyl (C=O) groups excluding carboxylic acids is 1. The molecule has 0 aliphatic carbocycles. The molecule has 2 aromatic carbocycles. The molecule has 0 aliphatic heterocycles. The normalized spacial score (nSPS) is 10.7. The van der Waals surface area contributed by atoms with Crippen molar-refractivity contribution < 1.29 is 14.3 Å². The van der Waals surface area contributed by atoms with Gasteiger partial charge in [0.15, 0.2) is 0 Å². The molecule has 2 amide bonds. The summed E-state index contributed by atoms with van der Waals surface area (Å²) < 4.78 is 12.8. The molecule has 2 N–H and O–H groups in total. The molecule has 0 heterocycles. The zero-order valence-corrected chi connectivity index (χ0v) is 12.7. The van der Waals surface area contributed by atoms with Gasteiger partial charge in [-0.1, -0.05) is 42.5 Å². The maximum atomic E-state index is 12.8. The minimum absolute atomic E-state index is 0.109. The number of carbonyl (C=O) groups is 1. The second-order valence-electron chi connectivity index (χ2n) is 4.97. The SMILES string of the molecule is O=C(N/C=C/c1ccc(F)cc1)N(CCO)Cc1ccccc1. The van der Waals surface area contributed by atoms with Crippen LogP contribution in [0.3, 0.4) is 0 Å². The van der Waals surface area contributed by atoms with E-state index in [9.17, 15) is 9.18 Å². The highest BCUT2D eigenvalue weighted by atomic mass is 19.1. The molecule has 5 heteroatoms. The van der Waals surface area contributed by atoms with Crippen LogP contribution < -0.4 is 5.32 Å². The molecule has 0 saturated carbocycles. The van der Waals surface area contributed by atoms with Crippen LogP contribution in [0.15, 0.2) is 60.8 Å². The second kappa shape index (κ2) is 8.70. The van der Waals surface area contributed by atoms with Gasteiger partial charge in [-0.3, -0.25) is 0 Å². The Kier molecular flexibility index (Phi) is 6.32. The van der Waals surface area contributed by atoms with Crippen LogP contribution in [0.25, 0.3) is 6.08 Å². The summed E-state index contributed by atoms with van der Waals surface area (Å²) in [4.78, 5) is 13.7. The molecule has 0 spiro atoms. The van der Waals surface area contributed by atoms with Gasteiger partial charge < -0.3 is 15.3 Å². The quantitative estimate of drug-likeness (QED) is 0.861. The number of amides is 2. The average molecular weight is 314 g/mol. The molecule has 120 valence electrons. The lowest BCUT2D eigenvalue weighted by molar-refractivity contribution is 0.177. The van der Waals surface area contributed by atoms with Crippen molar-refractivity contribution in [2.45, 2.75) is 6.54 Å². The summed E-state index contributed by atoms with van der Waals surface area (Å²) in [5, 5.41) is 11.8. The third-order valence-corrected chi connectivity index (χ3v) is 3.23. The zero-order valence-electron chi connectivity index (χ0n) is 12.7. The molecule has 0 aliphatic rings. The molecule has 0 aromatic heterocycles. The van der Waals surface area contributed by atoms with Gasteiger partial charge in [0.25, 0.3) is 0 Å². The molecule has 0 fully saturated rings. The van der Waals surface area contributed by atoms with Gasteiger partial charge in [0.1, 0.15) is 5.82 Å². The van der Waals surface area contributed by atoms with Crippen LogP contribution >= 0.6 is 0 Å². The number of aliphatic hydroxyl groups is 1. The minimum Gasteiger partial charge on any atom is -0.395 e. The number of urea groups is 1. The summed E-state index contributed by atoms with van der Waals surface area (Å²) >= 11 is 0. The number of aliphatic hydroxyl groups excluding tert-OH is 1.